The van der Waals surface area contributed by atoms with Gasteiger partial charge in [0.1, 0.15) is 5.70 Å². The molecule has 2 aliphatic rings. The van der Waals surface area contributed by atoms with Crippen molar-refractivity contribution in [3.63, 3.8) is 0 Å². The number of allylic oxidation sites excluding steroid dienone is 1. The van der Waals surface area contributed by atoms with Gasteiger partial charge in [-0.1, -0.05) is 26.3 Å². The molecule has 1 unspecified atom stereocenters. The second-order valence-electron chi connectivity index (χ2n) is 7.09. The van der Waals surface area contributed by atoms with Crippen LogP contribution < -0.4 is 16.0 Å². The monoisotopic (exact) mass is 336 g/mol. The largest absolute Gasteiger partial charge is 0.477 e. The summed E-state index contributed by atoms with van der Waals surface area (Å²) in [4.78, 5) is 27.5. The standard InChI is InChI=1S/C17H28N4O3/c1-17(2)11-12(17)14(22)21-13(15(23)24)7-5-3-4-6-8-18-16-19-9-10-20-16/h7,12H,3-6,8-11H2,1-2H3,(H,21,22)(H,23,24)(H2,18,19,20)/b13-7-. The number of hydrogen-bond acceptors (Lipinski definition) is 5. The van der Waals surface area contributed by atoms with Gasteiger partial charge in [0.2, 0.25) is 5.91 Å². The van der Waals surface area contributed by atoms with Crippen LogP contribution in [0.3, 0.4) is 0 Å². The summed E-state index contributed by atoms with van der Waals surface area (Å²) >= 11 is 0. The van der Waals surface area contributed by atoms with Crippen molar-refractivity contribution in [3.8, 4) is 0 Å². The fourth-order valence-corrected chi connectivity index (χ4v) is 2.74. The predicted molar refractivity (Wildman–Crippen MR) is 92.5 cm³/mol. The summed E-state index contributed by atoms with van der Waals surface area (Å²) in [6.45, 7) is 6.61. The van der Waals surface area contributed by atoms with Crippen molar-refractivity contribution in [3.05, 3.63) is 11.8 Å². The first-order valence-electron chi connectivity index (χ1n) is 8.66. The summed E-state index contributed by atoms with van der Waals surface area (Å²) in [5, 5.41) is 18.1. The normalized spacial score (nSPS) is 21.7. The van der Waals surface area contributed by atoms with Crippen LogP contribution in [0.1, 0.15) is 46.0 Å². The van der Waals surface area contributed by atoms with E-state index >= 15 is 0 Å². The highest BCUT2D eigenvalue weighted by atomic mass is 16.4. The van der Waals surface area contributed by atoms with E-state index in [2.05, 4.69) is 20.9 Å². The second-order valence-corrected chi connectivity index (χ2v) is 7.09. The Balaban J connectivity index is 1.62. The fraction of sp³-hybridized carbons (Fsp3) is 0.706. The van der Waals surface area contributed by atoms with Crippen molar-refractivity contribution in [2.75, 3.05) is 19.6 Å². The quantitative estimate of drug-likeness (QED) is 0.375. The average Bonchev–Trinajstić information content (AvgIpc) is 2.93. The smallest absolute Gasteiger partial charge is 0.352 e. The van der Waals surface area contributed by atoms with Crippen LogP contribution in [0.4, 0.5) is 0 Å². The van der Waals surface area contributed by atoms with E-state index in [-0.39, 0.29) is 22.9 Å². The first kappa shape index (κ1) is 18.3. The number of carbonyl (C=O) groups is 2. The van der Waals surface area contributed by atoms with E-state index in [9.17, 15) is 14.7 Å². The molecular formula is C17H28N4O3. The molecule has 1 fully saturated rings. The van der Waals surface area contributed by atoms with Crippen molar-refractivity contribution >= 4 is 17.8 Å². The highest BCUT2D eigenvalue weighted by Gasteiger charge is 2.50. The van der Waals surface area contributed by atoms with Gasteiger partial charge in [0.15, 0.2) is 5.96 Å². The third-order valence-corrected chi connectivity index (χ3v) is 4.51. The molecule has 1 amide bonds. The van der Waals surface area contributed by atoms with E-state index in [0.29, 0.717) is 6.42 Å². The molecule has 0 aromatic rings. The van der Waals surface area contributed by atoms with Crippen LogP contribution in [-0.2, 0) is 9.59 Å². The summed E-state index contributed by atoms with van der Waals surface area (Å²) in [5.41, 5.74) is 0.00412. The number of nitrogens with zero attached hydrogens (tertiary/aromatic N) is 1. The van der Waals surface area contributed by atoms with Gasteiger partial charge in [0.05, 0.1) is 6.54 Å². The third-order valence-electron chi connectivity index (χ3n) is 4.51. The van der Waals surface area contributed by atoms with E-state index in [1.54, 1.807) is 6.08 Å². The summed E-state index contributed by atoms with van der Waals surface area (Å²) in [6, 6.07) is 0. The maximum absolute atomic E-state index is 12.0. The number of carbonyl (C=O) groups excluding carboxylic acids is 1. The van der Waals surface area contributed by atoms with Crippen LogP contribution in [0.15, 0.2) is 16.8 Å². The van der Waals surface area contributed by atoms with Gasteiger partial charge in [-0.05, 0) is 31.1 Å². The zero-order valence-corrected chi connectivity index (χ0v) is 14.5. The summed E-state index contributed by atoms with van der Waals surface area (Å²) in [7, 11) is 0. The number of unbranched alkanes of at least 4 members (excludes halogenated alkanes) is 3. The molecule has 0 saturated heterocycles. The lowest BCUT2D eigenvalue weighted by molar-refractivity contribution is -0.135. The molecule has 1 atom stereocenters. The maximum Gasteiger partial charge on any atom is 0.352 e. The van der Waals surface area contributed by atoms with Crippen LogP contribution in [0.5, 0.6) is 0 Å². The Bertz CT molecular complexity index is 540. The number of aliphatic imine (C=N–C) groups is 1. The second kappa shape index (κ2) is 8.17. The van der Waals surface area contributed by atoms with Crippen molar-refractivity contribution in [1.29, 1.82) is 0 Å². The molecule has 1 aliphatic heterocycles. The minimum absolute atomic E-state index is 0.000825. The highest BCUT2D eigenvalue weighted by molar-refractivity contribution is 5.94. The Hall–Kier alpha value is -2.05. The van der Waals surface area contributed by atoms with E-state index < -0.39 is 5.97 Å². The Labute approximate surface area is 143 Å². The number of carboxylic acids is 1. The zero-order valence-electron chi connectivity index (χ0n) is 14.5. The van der Waals surface area contributed by atoms with Crippen LogP contribution in [-0.4, -0.2) is 42.6 Å². The molecule has 7 nitrogen and oxygen atoms in total. The number of hydrogen-bond donors (Lipinski definition) is 4. The maximum atomic E-state index is 12.0. The first-order valence-corrected chi connectivity index (χ1v) is 8.66. The number of carboxylic acid groups (broad SMARTS) is 1. The molecule has 4 N–H and O–H groups in total. The third kappa shape index (κ3) is 5.54. The molecule has 1 saturated carbocycles. The SMILES string of the molecule is CC1(C)CC1C(=O)N/C(=C\CCCCCNC1=NCCN1)C(=O)O. The van der Waals surface area contributed by atoms with Gasteiger partial charge in [0, 0.05) is 19.0 Å². The van der Waals surface area contributed by atoms with Gasteiger partial charge < -0.3 is 21.1 Å². The van der Waals surface area contributed by atoms with Crippen LogP contribution in [0.2, 0.25) is 0 Å². The molecule has 2 rings (SSSR count). The molecule has 0 spiro atoms. The van der Waals surface area contributed by atoms with Crippen LogP contribution >= 0.6 is 0 Å². The highest BCUT2D eigenvalue weighted by Crippen LogP contribution is 2.51. The topological polar surface area (TPSA) is 103 Å². The number of guanidine groups is 1. The lowest BCUT2D eigenvalue weighted by Gasteiger charge is -2.08. The predicted octanol–water partition coefficient (Wildman–Crippen LogP) is 1.23. The number of nitrogens with one attached hydrogen (secondary N) is 3. The lowest BCUT2D eigenvalue weighted by atomic mass is 10.1. The molecule has 0 bridgehead atoms. The van der Waals surface area contributed by atoms with Crippen molar-refractivity contribution in [2.24, 2.45) is 16.3 Å². The van der Waals surface area contributed by atoms with Crippen molar-refractivity contribution < 1.29 is 14.7 Å². The summed E-state index contributed by atoms with van der Waals surface area (Å²) in [6.07, 6.45) is 5.97. The van der Waals surface area contributed by atoms with E-state index in [1.807, 2.05) is 13.8 Å². The summed E-state index contributed by atoms with van der Waals surface area (Å²) in [5.74, 6) is -0.455. The van der Waals surface area contributed by atoms with E-state index in [0.717, 1.165) is 51.3 Å². The number of rotatable bonds is 9. The Morgan fingerprint density at radius 2 is 2.12 bits per heavy atom. The van der Waals surface area contributed by atoms with E-state index in [4.69, 9.17) is 0 Å². The van der Waals surface area contributed by atoms with Crippen LogP contribution in [0, 0.1) is 11.3 Å². The van der Waals surface area contributed by atoms with Gasteiger partial charge in [-0.15, -0.1) is 0 Å². The van der Waals surface area contributed by atoms with Crippen LogP contribution in [0.25, 0.3) is 0 Å². The Morgan fingerprint density at radius 1 is 1.38 bits per heavy atom. The van der Waals surface area contributed by atoms with Gasteiger partial charge in [-0.25, -0.2) is 4.79 Å². The molecule has 0 aromatic heterocycles. The number of aliphatic carboxylic acids is 1. The molecule has 0 aromatic carbocycles. The Kier molecular flexibility index (Phi) is 6.23. The minimum atomic E-state index is -1.08. The number of amides is 1. The average molecular weight is 336 g/mol. The molecular weight excluding hydrogens is 308 g/mol. The Morgan fingerprint density at radius 3 is 2.71 bits per heavy atom. The first-order chi connectivity index (χ1) is 11.4. The minimum Gasteiger partial charge on any atom is -0.477 e. The van der Waals surface area contributed by atoms with E-state index in [1.165, 1.54) is 0 Å². The molecule has 24 heavy (non-hydrogen) atoms. The molecule has 0 radical (unpaired) electrons. The summed E-state index contributed by atoms with van der Waals surface area (Å²) < 4.78 is 0. The molecule has 7 heteroatoms. The van der Waals surface area contributed by atoms with Crippen molar-refractivity contribution in [1.82, 2.24) is 16.0 Å². The van der Waals surface area contributed by atoms with Gasteiger partial charge in [-0.2, -0.15) is 0 Å². The molecule has 134 valence electrons. The van der Waals surface area contributed by atoms with Gasteiger partial charge in [-0.3, -0.25) is 9.79 Å². The molecule has 1 aliphatic carbocycles. The molecule has 1 heterocycles. The van der Waals surface area contributed by atoms with Crippen molar-refractivity contribution in [2.45, 2.75) is 46.0 Å². The van der Waals surface area contributed by atoms with Gasteiger partial charge in [0.25, 0.3) is 0 Å². The zero-order chi connectivity index (χ0) is 17.6. The fourth-order valence-electron chi connectivity index (χ4n) is 2.74. The lowest BCUT2D eigenvalue weighted by Crippen LogP contribution is -2.34. The van der Waals surface area contributed by atoms with Gasteiger partial charge >= 0.3 is 5.97 Å².